The van der Waals surface area contributed by atoms with Gasteiger partial charge in [-0.25, -0.2) is 8.42 Å². The number of nitrogens with zero attached hydrogens (tertiary/aromatic N) is 3. The van der Waals surface area contributed by atoms with Crippen molar-refractivity contribution in [3.63, 3.8) is 0 Å². The maximum absolute atomic E-state index is 13.2. The van der Waals surface area contributed by atoms with Crippen LogP contribution >= 0.6 is 11.6 Å². The average Bonchev–Trinajstić information content (AvgIpc) is 3.07. The Labute approximate surface area is 162 Å². The van der Waals surface area contributed by atoms with Crippen molar-refractivity contribution in [3.8, 4) is 11.8 Å². The molecule has 0 fully saturated rings. The van der Waals surface area contributed by atoms with E-state index in [1.54, 1.807) is 0 Å². The van der Waals surface area contributed by atoms with Crippen molar-refractivity contribution in [3.05, 3.63) is 58.1 Å². The molecular weight excluding hydrogens is 421 g/mol. The fourth-order valence-corrected chi connectivity index (χ4v) is 3.37. The molecule has 12 heteroatoms. The third-order valence-corrected chi connectivity index (χ3v) is 5.14. The van der Waals surface area contributed by atoms with Gasteiger partial charge < -0.3 is 4.74 Å². The van der Waals surface area contributed by atoms with Crippen LogP contribution < -0.4 is 4.74 Å². The Morgan fingerprint density at radius 2 is 1.93 bits per heavy atom. The fraction of sp³-hybridized carbons (Fsp3) is 0.188. The van der Waals surface area contributed by atoms with Crippen LogP contribution in [-0.4, -0.2) is 35.3 Å². The number of sulfone groups is 1. The van der Waals surface area contributed by atoms with Gasteiger partial charge in [0.15, 0.2) is 9.84 Å². The lowest BCUT2D eigenvalue weighted by Crippen LogP contribution is -2.06. The third kappa shape index (κ3) is 4.78. The van der Waals surface area contributed by atoms with Crippen LogP contribution in [0.1, 0.15) is 16.7 Å². The first-order valence-electron chi connectivity index (χ1n) is 7.63. The van der Waals surface area contributed by atoms with E-state index in [4.69, 9.17) is 16.3 Å². The number of rotatable bonds is 5. The van der Waals surface area contributed by atoms with Crippen molar-refractivity contribution >= 4 is 21.4 Å². The maximum atomic E-state index is 13.2. The molecule has 3 rings (SSSR count). The summed E-state index contributed by atoms with van der Waals surface area (Å²) in [6.07, 6.45) is -3.54. The summed E-state index contributed by atoms with van der Waals surface area (Å²) in [5, 5.41) is 12.6. The Morgan fingerprint density at radius 1 is 1.18 bits per heavy atom. The van der Waals surface area contributed by atoms with Gasteiger partial charge in [-0.1, -0.05) is 27.9 Å². The molecule has 3 aromatic rings. The molecule has 28 heavy (non-hydrogen) atoms. The van der Waals surface area contributed by atoms with Gasteiger partial charge in [0.05, 0.1) is 10.5 Å². The number of hydrogen-bond acceptors (Lipinski definition) is 6. The summed E-state index contributed by atoms with van der Waals surface area (Å²) in [7, 11) is -3.45. The fourth-order valence-electron chi connectivity index (χ4n) is 2.41. The molecule has 1 aromatic heterocycles. The van der Waals surface area contributed by atoms with Crippen LogP contribution in [0.2, 0.25) is 5.02 Å². The van der Waals surface area contributed by atoms with Gasteiger partial charge in [0, 0.05) is 11.3 Å². The molecule has 7 nitrogen and oxygen atoms in total. The van der Waals surface area contributed by atoms with Crippen LogP contribution in [0.5, 0.6) is 11.8 Å². The molecule has 0 aliphatic rings. The summed E-state index contributed by atoms with van der Waals surface area (Å²) in [6, 6.07) is 6.99. The molecule has 0 unspecified atom stereocenters. The van der Waals surface area contributed by atoms with Crippen LogP contribution in [0.25, 0.3) is 0 Å². The largest absolute Gasteiger partial charge is 0.422 e. The van der Waals surface area contributed by atoms with E-state index in [2.05, 4.69) is 20.6 Å². The summed E-state index contributed by atoms with van der Waals surface area (Å²) in [6.45, 7) is 0. The van der Waals surface area contributed by atoms with Gasteiger partial charge in [-0.2, -0.15) is 18.4 Å². The summed E-state index contributed by atoms with van der Waals surface area (Å²) in [4.78, 5) is 0.0198. The number of ether oxygens (including phenoxy) is 1. The molecular formula is C16H12ClF3N4O3S. The molecule has 0 bridgehead atoms. The van der Waals surface area contributed by atoms with Gasteiger partial charge in [0.1, 0.15) is 5.75 Å². The van der Waals surface area contributed by atoms with Crippen molar-refractivity contribution in [2.75, 3.05) is 6.26 Å². The van der Waals surface area contributed by atoms with Crippen molar-refractivity contribution in [2.45, 2.75) is 17.5 Å². The molecule has 0 saturated heterocycles. The molecule has 1 heterocycles. The minimum Gasteiger partial charge on any atom is -0.422 e. The number of H-pyrrole nitrogens is 1. The summed E-state index contributed by atoms with van der Waals surface area (Å²) in [5.74, 6) is -0.130. The summed E-state index contributed by atoms with van der Waals surface area (Å²) in [5.41, 5.74) is -0.214. The van der Waals surface area contributed by atoms with Crippen LogP contribution in [0.4, 0.5) is 13.2 Å². The number of aromatic amines is 1. The van der Waals surface area contributed by atoms with E-state index in [0.29, 0.717) is 5.56 Å². The zero-order valence-corrected chi connectivity index (χ0v) is 15.7. The molecule has 1 N–H and O–H groups in total. The van der Waals surface area contributed by atoms with Crippen LogP contribution in [0, 0.1) is 0 Å². The molecule has 0 saturated carbocycles. The van der Waals surface area contributed by atoms with E-state index in [1.807, 2.05) is 0 Å². The molecule has 0 aliphatic carbocycles. The number of hydrogen-bond donors (Lipinski definition) is 1. The second kappa shape index (κ2) is 7.40. The summed E-state index contributed by atoms with van der Waals surface area (Å²) >= 11 is 6.12. The average molecular weight is 433 g/mol. The molecule has 148 valence electrons. The quantitative estimate of drug-likeness (QED) is 0.660. The Bertz CT molecular complexity index is 1100. The topological polar surface area (TPSA) is 97.8 Å². The van der Waals surface area contributed by atoms with E-state index in [1.165, 1.54) is 24.3 Å². The number of nitrogens with one attached hydrogen (secondary N) is 1. The van der Waals surface area contributed by atoms with Gasteiger partial charge in [-0.05, 0) is 53.1 Å². The SMILES string of the molecule is CS(=O)(=O)c1ccc(Cc2cc(Oc3nn[nH]n3)cc(C(F)(F)F)c2)c(Cl)c1. The first-order valence-corrected chi connectivity index (χ1v) is 9.90. The van der Waals surface area contributed by atoms with Crippen molar-refractivity contribution in [1.29, 1.82) is 0 Å². The molecule has 0 atom stereocenters. The highest BCUT2D eigenvalue weighted by atomic mass is 35.5. The van der Waals surface area contributed by atoms with Crippen LogP contribution in [-0.2, 0) is 22.4 Å². The molecule has 2 aromatic carbocycles. The lowest BCUT2D eigenvalue weighted by molar-refractivity contribution is -0.137. The Balaban J connectivity index is 1.97. The minimum atomic E-state index is -4.60. The van der Waals surface area contributed by atoms with Crippen molar-refractivity contribution < 1.29 is 26.3 Å². The summed E-state index contributed by atoms with van der Waals surface area (Å²) < 4.78 is 68.1. The predicted molar refractivity (Wildman–Crippen MR) is 93.1 cm³/mol. The van der Waals surface area contributed by atoms with E-state index in [-0.39, 0.29) is 33.7 Å². The number of benzene rings is 2. The number of alkyl halides is 3. The zero-order valence-electron chi connectivity index (χ0n) is 14.2. The standard InChI is InChI=1S/C16H12ClF3N4O3S/c1-28(25,26)13-3-2-10(14(17)8-13)4-9-5-11(16(18,19)20)7-12(6-9)27-15-21-23-24-22-15/h2-3,5-8H,4H2,1H3,(H,21,22,23,24). The van der Waals surface area contributed by atoms with E-state index < -0.39 is 21.6 Å². The normalized spacial score (nSPS) is 12.2. The van der Waals surface area contributed by atoms with Crippen LogP contribution in [0.15, 0.2) is 41.3 Å². The highest BCUT2D eigenvalue weighted by molar-refractivity contribution is 7.90. The van der Waals surface area contributed by atoms with E-state index >= 15 is 0 Å². The molecule has 0 amide bonds. The van der Waals surface area contributed by atoms with Crippen molar-refractivity contribution in [1.82, 2.24) is 20.6 Å². The monoisotopic (exact) mass is 432 g/mol. The maximum Gasteiger partial charge on any atom is 0.416 e. The van der Waals surface area contributed by atoms with Crippen LogP contribution in [0.3, 0.4) is 0 Å². The number of halogens is 4. The van der Waals surface area contributed by atoms with Crippen molar-refractivity contribution in [2.24, 2.45) is 0 Å². The predicted octanol–water partition coefficient (Wildman–Crippen LogP) is 3.66. The van der Waals surface area contributed by atoms with Gasteiger partial charge in [-0.15, -0.1) is 0 Å². The molecule has 0 radical (unpaired) electrons. The Morgan fingerprint density at radius 3 is 2.50 bits per heavy atom. The zero-order chi connectivity index (χ0) is 20.5. The third-order valence-electron chi connectivity index (χ3n) is 3.68. The smallest absolute Gasteiger partial charge is 0.416 e. The second-order valence-corrected chi connectivity index (χ2v) is 8.28. The highest BCUT2D eigenvalue weighted by Gasteiger charge is 2.31. The first-order chi connectivity index (χ1) is 13.0. The van der Waals surface area contributed by atoms with Gasteiger partial charge >= 0.3 is 12.2 Å². The van der Waals surface area contributed by atoms with Gasteiger partial charge in [0.25, 0.3) is 0 Å². The highest BCUT2D eigenvalue weighted by Crippen LogP contribution is 2.34. The lowest BCUT2D eigenvalue weighted by Gasteiger charge is -2.13. The lowest BCUT2D eigenvalue weighted by atomic mass is 10.0. The number of tetrazole rings is 1. The van der Waals surface area contributed by atoms with Gasteiger partial charge in [0.2, 0.25) is 0 Å². The Kier molecular flexibility index (Phi) is 5.31. The Hall–Kier alpha value is -2.66. The second-order valence-electron chi connectivity index (χ2n) is 5.86. The molecule has 0 spiro atoms. The number of aromatic nitrogens is 4. The first kappa shape index (κ1) is 20.1. The minimum absolute atomic E-state index is 0.0198. The van der Waals surface area contributed by atoms with Gasteiger partial charge in [-0.3, -0.25) is 0 Å². The molecule has 0 aliphatic heterocycles. The van der Waals surface area contributed by atoms with E-state index in [0.717, 1.165) is 18.4 Å². The van der Waals surface area contributed by atoms with E-state index in [9.17, 15) is 21.6 Å².